The molecule has 0 spiro atoms. The molecule has 2 N–H and O–H groups in total. The molecule has 4 rings (SSSR count). The fourth-order valence-electron chi connectivity index (χ4n) is 3.35. The molecule has 1 saturated heterocycles. The van der Waals surface area contributed by atoms with Gasteiger partial charge in [-0.05, 0) is 53.6 Å². The normalized spacial score (nSPS) is 14.5. The van der Waals surface area contributed by atoms with Crippen molar-refractivity contribution in [1.82, 2.24) is 5.32 Å². The number of imide groups is 2. The molecule has 1 aliphatic heterocycles. The highest BCUT2D eigenvalue weighted by Gasteiger charge is 2.36. The summed E-state index contributed by atoms with van der Waals surface area (Å²) in [5, 5.41) is 21.9. The first-order chi connectivity index (χ1) is 17.2. The minimum Gasteiger partial charge on any atom is -0.489 e. The van der Waals surface area contributed by atoms with E-state index >= 15 is 0 Å². The number of amides is 4. The van der Waals surface area contributed by atoms with Crippen LogP contribution >= 0.6 is 0 Å². The van der Waals surface area contributed by atoms with Crippen LogP contribution in [0.2, 0.25) is 0 Å². The zero-order chi connectivity index (χ0) is 25.8. The third-order valence-electron chi connectivity index (χ3n) is 5.22. The number of nitrogens with one attached hydrogen (secondary N) is 1. The molecule has 11 heteroatoms. The molecule has 180 valence electrons. The highest BCUT2D eigenvalue weighted by atomic mass is 16.6. The Labute approximate surface area is 203 Å². The van der Waals surface area contributed by atoms with Gasteiger partial charge < -0.3 is 9.84 Å². The molecule has 1 aliphatic rings. The Morgan fingerprint density at radius 2 is 1.61 bits per heavy atom. The number of aromatic carboxylic acids is 1. The minimum atomic E-state index is -1.02. The molecule has 1 heterocycles. The molecule has 36 heavy (non-hydrogen) atoms. The van der Waals surface area contributed by atoms with E-state index in [0.29, 0.717) is 11.3 Å². The number of carboxylic acid groups (broad SMARTS) is 1. The molecular formula is C25H17N3O8. The van der Waals surface area contributed by atoms with Crippen molar-refractivity contribution in [2.24, 2.45) is 0 Å². The Morgan fingerprint density at radius 1 is 0.972 bits per heavy atom. The number of hydrogen-bond acceptors (Lipinski definition) is 7. The van der Waals surface area contributed by atoms with Crippen molar-refractivity contribution in [2.75, 3.05) is 4.90 Å². The zero-order valence-corrected chi connectivity index (χ0v) is 18.4. The van der Waals surface area contributed by atoms with E-state index in [4.69, 9.17) is 9.84 Å². The summed E-state index contributed by atoms with van der Waals surface area (Å²) in [5.74, 6) is -2.25. The van der Waals surface area contributed by atoms with Gasteiger partial charge in [-0.25, -0.2) is 14.5 Å². The number of nitro benzene ring substituents is 1. The van der Waals surface area contributed by atoms with E-state index in [1.165, 1.54) is 30.3 Å². The van der Waals surface area contributed by atoms with Gasteiger partial charge in [-0.15, -0.1) is 0 Å². The number of non-ortho nitro benzene ring substituents is 1. The molecule has 1 fully saturated rings. The van der Waals surface area contributed by atoms with Crippen LogP contribution in [-0.4, -0.2) is 33.8 Å². The monoisotopic (exact) mass is 487 g/mol. The Balaban J connectivity index is 1.48. The van der Waals surface area contributed by atoms with E-state index in [9.17, 15) is 29.3 Å². The SMILES string of the molecule is O=C1NC(=O)N(c2ccc([N+](=O)[O-])cc2)C(=O)C1=Cc1ccc(OCc2ccc(C(=O)O)cc2)cc1. The second kappa shape index (κ2) is 9.89. The fourth-order valence-corrected chi connectivity index (χ4v) is 3.35. The predicted octanol–water partition coefficient (Wildman–Crippen LogP) is 3.54. The largest absolute Gasteiger partial charge is 0.489 e. The minimum absolute atomic E-state index is 0.0710. The zero-order valence-electron chi connectivity index (χ0n) is 18.4. The van der Waals surface area contributed by atoms with Gasteiger partial charge in [0.25, 0.3) is 17.5 Å². The molecule has 0 atom stereocenters. The van der Waals surface area contributed by atoms with Gasteiger partial charge in [-0.1, -0.05) is 24.3 Å². The number of nitrogens with zero attached hydrogens (tertiary/aromatic N) is 2. The molecule has 0 aliphatic carbocycles. The first kappa shape index (κ1) is 23.8. The summed E-state index contributed by atoms with van der Waals surface area (Å²) in [6.07, 6.45) is 1.32. The predicted molar refractivity (Wildman–Crippen MR) is 126 cm³/mol. The molecule has 0 radical (unpaired) electrons. The Bertz CT molecular complexity index is 1390. The van der Waals surface area contributed by atoms with E-state index in [2.05, 4.69) is 5.32 Å². The lowest BCUT2D eigenvalue weighted by molar-refractivity contribution is -0.384. The number of rotatable bonds is 7. The quantitative estimate of drug-likeness (QED) is 0.222. The van der Waals surface area contributed by atoms with Crippen LogP contribution < -0.4 is 15.0 Å². The van der Waals surface area contributed by atoms with Gasteiger partial charge in [-0.3, -0.25) is 25.0 Å². The summed E-state index contributed by atoms with van der Waals surface area (Å²) in [7, 11) is 0. The Kier molecular flexibility index (Phi) is 6.55. The van der Waals surface area contributed by atoms with Gasteiger partial charge in [0.15, 0.2) is 0 Å². The van der Waals surface area contributed by atoms with Gasteiger partial charge >= 0.3 is 12.0 Å². The molecule has 0 unspecified atom stereocenters. The van der Waals surface area contributed by atoms with Gasteiger partial charge in [0.1, 0.15) is 17.9 Å². The number of anilines is 1. The van der Waals surface area contributed by atoms with E-state index in [0.717, 1.165) is 22.6 Å². The smallest absolute Gasteiger partial charge is 0.335 e. The summed E-state index contributed by atoms with van der Waals surface area (Å²) < 4.78 is 5.68. The standard InChI is InChI=1S/C25H17N3O8/c29-22-21(23(30)27(25(33)26-22)18-7-9-19(10-8-18)28(34)35)13-15-3-11-20(12-4-15)36-14-16-1-5-17(6-2-16)24(31)32/h1-13H,14H2,(H,31,32)(H,26,29,33). The van der Waals surface area contributed by atoms with Crippen LogP contribution in [0, 0.1) is 10.1 Å². The maximum Gasteiger partial charge on any atom is 0.335 e. The highest BCUT2D eigenvalue weighted by Crippen LogP contribution is 2.25. The summed E-state index contributed by atoms with van der Waals surface area (Å²) in [6, 6.07) is 16.5. The van der Waals surface area contributed by atoms with Gasteiger partial charge in [0, 0.05) is 12.1 Å². The molecule has 3 aromatic carbocycles. The molecule has 0 saturated carbocycles. The Morgan fingerprint density at radius 3 is 2.19 bits per heavy atom. The fraction of sp³-hybridized carbons (Fsp3) is 0.0400. The lowest BCUT2D eigenvalue weighted by Gasteiger charge is -2.26. The van der Waals surface area contributed by atoms with Gasteiger partial charge in [0.05, 0.1) is 16.2 Å². The molecule has 4 amide bonds. The number of carbonyl (C=O) groups excluding carboxylic acids is 3. The second-order valence-electron chi connectivity index (χ2n) is 7.59. The topological polar surface area (TPSA) is 156 Å². The van der Waals surface area contributed by atoms with Crippen molar-refractivity contribution in [3.05, 3.63) is 105 Å². The first-order valence-corrected chi connectivity index (χ1v) is 10.4. The number of benzene rings is 3. The van der Waals surface area contributed by atoms with Crippen LogP contribution in [0.25, 0.3) is 6.08 Å². The van der Waals surface area contributed by atoms with Crippen molar-refractivity contribution in [3.63, 3.8) is 0 Å². The van der Waals surface area contributed by atoms with Crippen LogP contribution in [0.5, 0.6) is 5.75 Å². The number of hydrogen-bond donors (Lipinski definition) is 2. The molecule has 0 bridgehead atoms. The van der Waals surface area contributed by atoms with E-state index in [-0.39, 0.29) is 29.1 Å². The van der Waals surface area contributed by atoms with Crippen molar-refractivity contribution in [3.8, 4) is 5.75 Å². The molecule has 11 nitrogen and oxygen atoms in total. The number of ether oxygens (including phenoxy) is 1. The third kappa shape index (κ3) is 5.09. The van der Waals surface area contributed by atoms with Gasteiger partial charge in [0.2, 0.25) is 0 Å². The van der Waals surface area contributed by atoms with E-state index in [1.807, 2.05) is 0 Å². The number of nitro groups is 1. The number of barbiturate groups is 1. The number of carboxylic acids is 1. The lowest BCUT2D eigenvalue weighted by atomic mass is 10.1. The van der Waals surface area contributed by atoms with E-state index in [1.54, 1.807) is 36.4 Å². The summed E-state index contributed by atoms with van der Waals surface area (Å²) >= 11 is 0. The summed E-state index contributed by atoms with van der Waals surface area (Å²) in [6.45, 7) is 0.202. The van der Waals surface area contributed by atoms with Crippen molar-refractivity contribution >= 4 is 41.3 Å². The average molecular weight is 487 g/mol. The highest BCUT2D eigenvalue weighted by molar-refractivity contribution is 6.39. The van der Waals surface area contributed by atoms with E-state index < -0.39 is 28.7 Å². The average Bonchev–Trinajstić information content (AvgIpc) is 2.86. The van der Waals surface area contributed by atoms with Crippen LogP contribution in [0.15, 0.2) is 78.4 Å². The lowest BCUT2D eigenvalue weighted by Crippen LogP contribution is -2.54. The Hall–Kier alpha value is -5.32. The molecule has 0 aromatic heterocycles. The molecular weight excluding hydrogens is 470 g/mol. The maximum absolute atomic E-state index is 12.9. The molecule has 3 aromatic rings. The first-order valence-electron chi connectivity index (χ1n) is 10.4. The van der Waals surface area contributed by atoms with Crippen molar-refractivity contribution in [1.29, 1.82) is 0 Å². The van der Waals surface area contributed by atoms with Crippen molar-refractivity contribution in [2.45, 2.75) is 6.61 Å². The van der Waals surface area contributed by atoms with Crippen LogP contribution in [-0.2, 0) is 16.2 Å². The third-order valence-corrected chi connectivity index (χ3v) is 5.22. The van der Waals surface area contributed by atoms with Gasteiger partial charge in [-0.2, -0.15) is 0 Å². The van der Waals surface area contributed by atoms with Crippen molar-refractivity contribution < 1.29 is 33.9 Å². The number of carbonyl (C=O) groups is 4. The second-order valence-corrected chi connectivity index (χ2v) is 7.59. The maximum atomic E-state index is 12.9. The van der Waals surface area contributed by atoms with Crippen LogP contribution in [0.4, 0.5) is 16.2 Å². The number of urea groups is 1. The van der Waals surface area contributed by atoms with Crippen LogP contribution in [0.1, 0.15) is 21.5 Å². The summed E-state index contributed by atoms with van der Waals surface area (Å²) in [5.41, 5.74) is 0.999. The summed E-state index contributed by atoms with van der Waals surface area (Å²) in [4.78, 5) is 59.4. The van der Waals surface area contributed by atoms with Crippen LogP contribution in [0.3, 0.4) is 0 Å².